The smallest absolute Gasteiger partial charge is 0.380 e. The summed E-state index contributed by atoms with van der Waals surface area (Å²) in [5.74, 6) is 1.08. The number of allylic oxidation sites excluding steroid dienone is 2. The maximum absolute atomic E-state index is 12.7. The molecule has 1 N–H and O–H groups in total. The van der Waals surface area contributed by atoms with Gasteiger partial charge in [-0.25, -0.2) is 9.36 Å². The van der Waals surface area contributed by atoms with Crippen LogP contribution in [-0.2, 0) is 22.3 Å². The molecule has 0 saturated carbocycles. The van der Waals surface area contributed by atoms with Crippen LogP contribution in [0.25, 0.3) is 0 Å². The molecule has 1 aliphatic heterocycles. The Bertz CT molecular complexity index is 1150. The number of hydrogen-bond donors (Lipinski definition) is 1. The van der Waals surface area contributed by atoms with Crippen LogP contribution in [-0.4, -0.2) is 38.8 Å². The Morgan fingerprint density at radius 1 is 1.20 bits per heavy atom. The SMILES string of the molecule is COc1c(C)c2c(c(OCC[Si](C)(C)C)c1C/C=C(\C)CP(=O)(O)Oc1ccccc1)C(=O)OC2. The third kappa shape index (κ3) is 7.00. The van der Waals surface area contributed by atoms with Crippen molar-refractivity contribution >= 4 is 21.6 Å². The second kappa shape index (κ2) is 11.0. The molecule has 0 fully saturated rings. The summed E-state index contributed by atoms with van der Waals surface area (Å²) in [4.78, 5) is 23.0. The zero-order valence-electron chi connectivity index (χ0n) is 21.3. The zero-order chi connectivity index (χ0) is 25.8. The third-order valence-corrected chi connectivity index (χ3v) is 8.92. The van der Waals surface area contributed by atoms with Gasteiger partial charge in [0.25, 0.3) is 0 Å². The van der Waals surface area contributed by atoms with Crippen LogP contribution in [0, 0.1) is 6.92 Å². The van der Waals surface area contributed by atoms with Gasteiger partial charge in [-0.2, -0.15) is 0 Å². The standard InChI is InChI=1S/C26H35O7PSi/c1-18(17-34(28,29)33-20-10-8-7-9-11-20)12-13-21-24(30-3)19(2)22-16-32-26(27)23(22)25(21)31-14-15-35(4,5)6/h7-12H,13-17H2,1-6H3,(H,28,29)/b18-12+. The molecule has 0 saturated heterocycles. The first-order valence-corrected chi connectivity index (χ1v) is 17.1. The summed E-state index contributed by atoms with van der Waals surface area (Å²) in [5.41, 5.74) is 3.50. The lowest BCUT2D eigenvalue weighted by Crippen LogP contribution is -2.23. The van der Waals surface area contributed by atoms with Crippen molar-refractivity contribution < 1.29 is 33.0 Å². The van der Waals surface area contributed by atoms with E-state index in [-0.39, 0.29) is 12.8 Å². The molecule has 0 bridgehead atoms. The lowest BCUT2D eigenvalue weighted by molar-refractivity contribution is 0.0532. The normalized spacial score (nSPS) is 15.3. The number of ether oxygens (including phenoxy) is 3. The van der Waals surface area contributed by atoms with Crippen molar-refractivity contribution in [2.75, 3.05) is 19.9 Å². The average Bonchev–Trinajstić information content (AvgIpc) is 3.15. The summed E-state index contributed by atoms with van der Waals surface area (Å²) in [7, 11) is -3.66. The number of hydrogen-bond acceptors (Lipinski definition) is 6. The number of rotatable bonds is 11. The predicted octanol–water partition coefficient (Wildman–Crippen LogP) is 6.14. The molecule has 0 amide bonds. The van der Waals surface area contributed by atoms with E-state index in [0.29, 0.717) is 41.4 Å². The Hall–Kier alpha value is -2.54. The lowest BCUT2D eigenvalue weighted by Gasteiger charge is -2.21. The van der Waals surface area contributed by atoms with Crippen LogP contribution < -0.4 is 14.0 Å². The largest absolute Gasteiger partial charge is 0.496 e. The summed E-state index contributed by atoms with van der Waals surface area (Å²) in [6, 6.07) is 9.52. The van der Waals surface area contributed by atoms with Gasteiger partial charge in [0.2, 0.25) is 0 Å². The van der Waals surface area contributed by atoms with Gasteiger partial charge in [-0.05, 0) is 44.0 Å². The van der Waals surface area contributed by atoms with Gasteiger partial charge in [0.15, 0.2) is 0 Å². The van der Waals surface area contributed by atoms with Crippen LogP contribution in [0.5, 0.6) is 17.2 Å². The van der Waals surface area contributed by atoms with Gasteiger partial charge >= 0.3 is 13.6 Å². The summed E-state index contributed by atoms with van der Waals surface area (Å²) >= 11 is 0. The average molecular weight is 519 g/mol. The molecular weight excluding hydrogens is 483 g/mol. The van der Waals surface area contributed by atoms with Crippen LogP contribution in [0.1, 0.15) is 34.0 Å². The summed E-state index contributed by atoms with van der Waals surface area (Å²) < 4.78 is 35.3. The highest BCUT2D eigenvalue weighted by atomic mass is 31.2. The van der Waals surface area contributed by atoms with E-state index < -0.39 is 21.6 Å². The number of esters is 1. The van der Waals surface area contributed by atoms with Crippen molar-refractivity contribution in [1.82, 2.24) is 0 Å². The van der Waals surface area contributed by atoms with Gasteiger partial charge in [0.1, 0.15) is 29.4 Å². The van der Waals surface area contributed by atoms with Gasteiger partial charge < -0.3 is 23.6 Å². The van der Waals surface area contributed by atoms with Crippen molar-refractivity contribution in [3.8, 4) is 17.2 Å². The predicted molar refractivity (Wildman–Crippen MR) is 140 cm³/mol. The highest BCUT2D eigenvalue weighted by Crippen LogP contribution is 2.45. The minimum absolute atomic E-state index is 0.123. The Kier molecular flexibility index (Phi) is 8.52. The summed E-state index contributed by atoms with van der Waals surface area (Å²) in [6.45, 7) is 11.2. The van der Waals surface area contributed by atoms with E-state index >= 15 is 0 Å². The quantitative estimate of drug-likeness (QED) is 0.165. The van der Waals surface area contributed by atoms with Gasteiger partial charge in [-0.15, -0.1) is 0 Å². The Balaban J connectivity index is 1.90. The molecule has 0 aliphatic carbocycles. The Morgan fingerprint density at radius 2 is 1.89 bits per heavy atom. The fraction of sp³-hybridized carbons (Fsp3) is 0.423. The van der Waals surface area contributed by atoms with Crippen LogP contribution in [0.3, 0.4) is 0 Å². The van der Waals surface area contributed by atoms with Gasteiger partial charge in [0, 0.05) is 19.2 Å². The van der Waals surface area contributed by atoms with Gasteiger partial charge in [0.05, 0.1) is 19.9 Å². The zero-order valence-corrected chi connectivity index (χ0v) is 23.2. The van der Waals surface area contributed by atoms with E-state index in [9.17, 15) is 14.3 Å². The van der Waals surface area contributed by atoms with Crippen molar-refractivity contribution in [1.29, 1.82) is 0 Å². The number of carbonyl (C=O) groups excluding carboxylic acids is 1. The molecule has 0 spiro atoms. The second-order valence-electron chi connectivity index (χ2n) is 10.0. The molecule has 2 aromatic rings. The van der Waals surface area contributed by atoms with Crippen molar-refractivity contribution in [3.63, 3.8) is 0 Å². The lowest BCUT2D eigenvalue weighted by atomic mass is 9.95. The van der Waals surface area contributed by atoms with E-state index in [1.165, 1.54) is 0 Å². The van der Waals surface area contributed by atoms with Crippen molar-refractivity contribution in [2.24, 2.45) is 0 Å². The van der Waals surface area contributed by atoms with E-state index in [1.807, 2.05) is 19.1 Å². The number of cyclic esters (lactones) is 1. The number of carbonyl (C=O) groups is 1. The van der Waals surface area contributed by atoms with E-state index in [4.69, 9.17) is 18.7 Å². The molecule has 0 radical (unpaired) electrons. The van der Waals surface area contributed by atoms with Crippen LogP contribution in [0.4, 0.5) is 0 Å². The number of methoxy groups -OCH3 is 1. The van der Waals surface area contributed by atoms with Crippen LogP contribution in [0.15, 0.2) is 42.0 Å². The molecule has 1 atom stereocenters. The second-order valence-corrected chi connectivity index (χ2v) is 17.4. The fourth-order valence-electron chi connectivity index (χ4n) is 3.96. The van der Waals surface area contributed by atoms with E-state index in [1.54, 1.807) is 38.3 Å². The van der Waals surface area contributed by atoms with E-state index in [0.717, 1.165) is 22.7 Å². The molecule has 35 heavy (non-hydrogen) atoms. The molecule has 9 heteroatoms. The molecule has 3 rings (SSSR count). The fourth-order valence-corrected chi connectivity index (χ4v) is 5.95. The first-order chi connectivity index (χ1) is 16.4. The monoisotopic (exact) mass is 518 g/mol. The Labute approximate surface area is 208 Å². The minimum atomic E-state index is -3.89. The molecule has 2 aromatic carbocycles. The molecule has 1 unspecified atom stereocenters. The molecule has 1 heterocycles. The summed E-state index contributed by atoms with van der Waals surface area (Å²) in [6.07, 6.45) is 2.10. The highest BCUT2D eigenvalue weighted by Gasteiger charge is 2.33. The minimum Gasteiger partial charge on any atom is -0.496 e. The molecule has 190 valence electrons. The number of benzene rings is 2. The van der Waals surface area contributed by atoms with E-state index in [2.05, 4.69) is 19.6 Å². The van der Waals surface area contributed by atoms with Gasteiger partial charge in [-0.3, -0.25) is 0 Å². The van der Waals surface area contributed by atoms with Crippen molar-refractivity contribution in [2.45, 2.75) is 52.6 Å². The molecule has 7 nitrogen and oxygen atoms in total. The topological polar surface area (TPSA) is 91.3 Å². The van der Waals surface area contributed by atoms with Crippen LogP contribution >= 0.6 is 7.60 Å². The molecule has 1 aliphatic rings. The number of para-hydroxylation sites is 1. The summed E-state index contributed by atoms with van der Waals surface area (Å²) in [5, 5.41) is 0. The maximum Gasteiger partial charge on any atom is 0.380 e. The highest BCUT2D eigenvalue weighted by molar-refractivity contribution is 7.53. The first-order valence-electron chi connectivity index (χ1n) is 11.7. The Morgan fingerprint density at radius 3 is 2.51 bits per heavy atom. The third-order valence-electron chi connectivity index (χ3n) is 5.82. The molecular formula is C26H35O7PSi. The maximum atomic E-state index is 12.7. The van der Waals surface area contributed by atoms with Crippen molar-refractivity contribution in [3.05, 3.63) is 64.2 Å². The van der Waals surface area contributed by atoms with Crippen LogP contribution in [0.2, 0.25) is 25.7 Å². The molecule has 0 aromatic heterocycles. The van der Waals surface area contributed by atoms with Gasteiger partial charge in [-0.1, -0.05) is 49.5 Å². The first kappa shape index (κ1) is 27.1. The number of fused-ring (bicyclic) bond motifs is 1.